The number of para-hydroxylation sites is 1. The average Bonchev–Trinajstić information content (AvgIpc) is 2.56. The summed E-state index contributed by atoms with van der Waals surface area (Å²) in [6.07, 6.45) is 1.37. The van der Waals surface area contributed by atoms with Gasteiger partial charge in [0, 0.05) is 5.69 Å². The van der Waals surface area contributed by atoms with Crippen molar-refractivity contribution < 1.29 is 14.6 Å². The monoisotopic (exact) mass is 328 g/mol. The molecule has 116 valence electrons. The Morgan fingerprint density at radius 1 is 1.35 bits per heavy atom. The molecule has 0 atom stereocenters. The Hall–Kier alpha value is -2.97. The average molecular weight is 329 g/mol. The number of ether oxygens (including phenoxy) is 1. The van der Waals surface area contributed by atoms with Gasteiger partial charge in [-0.1, -0.05) is 29.8 Å². The van der Waals surface area contributed by atoms with E-state index in [9.17, 15) is 15.2 Å². The van der Waals surface area contributed by atoms with E-state index in [2.05, 4.69) is 5.32 Å². The number of phenols is 1. The van der Waals surface area contributed by atoms with Gasteiger partial charge in [0.05, 0.1) is 12.1 Å². The Kier molecular flexibility index (Phi) is 5.23. The third kappa shape index (κ3) is 4.02. The molecule has 0 aromatic heterocycles. The van der Waals surface area contributed by atoms with Crippen molar-refractivity contribution in [2.24, 2.45) is 0 Å². The Labute approximate surface area is 138 Å². The van der Waals surface area contributed by atoms with Crippen LogP contribution < -0.4 is 10.1 Å². The molecular weight excluding hydrogens is 316 g/mol. The number of amides is 1. The van der Waals surface area contributed by atoms with Crippen molar-refractivity contribution >= 4 is 29.3 Å². The highest BCUT2D eigenvalue weighted by atomic mass is 35.5. The molecule has 5 nitrogen and oxygen atoms in total. The summed E-state index contributed by atoms with van der Waals surface area (Å²) in [7, 11) is 1.38. The van der Waals surface area contributed by atoms with Gasteiger partial charge < -0.3 is 15.2 Å². The molecule has 0 fully saturated rings. The first-order valence-corrected chi connectivity index (χ1v) is 6.97. The van der Waals surface area contributed by atoms with Crippen LogP contribution in [0.1, 0.15) is 5.56 Å². The molecular formula is C17H13ClN2O3. The van der Waals surface area contributed by atoms with Crippen LogP contribution in [0.2, 0.25) is 5.02 Å². The number of nitrogens with zero attached hydrogens (tertiary/aromatic N) is 1. The van der Waals surface area contributed by atoms with Crippen LogP contribution in [0.15, 0.2) is 48.0 Å². The van der Waals surface area contributed by atoms with Crippen LogP contribution in [0.3, 0.4) is 0 Å². The zero-order valence-electron chi connectivity index (χ0n) is 12.2. The Morgan fingerprint density at radius 3 is 2.65 bits per heavy atom. The maximum absolute atomic E-state index is 12.1. The fraction of sp³-hybridized carbons (Fsp3) is 0.0588. The minimum absolute atomic E-state index is 0.0661. The van der Waals surface area contributed by atoms with Gasteiger partial charge in [0.1, 0.15) is 11.6 Å². The van der Waals surface area contributed by atoms with E-state index < -0.39 is 5.91 Å². The van der Waals surface area contributed by atoms with E-state index >= 15 is 0 Å². The van der Waals surface area contributed by atoms with Gasteiger partial charge in [0.2, 0.25) is 0 Å². The summed E-state index contributed by atoms with van der Waals surface area (Å²) in [6.45, 7) is 0. The van der Waals surface area contributed by atoms with Crippen LogP contribution in [0.5, 0.6) is 11.5 Å². The lowest BCUT2D eigenvalue weighted by molar-refractivity contribution is -0.112. The van der Waals surface area contributed by atoms with Gasteiger partial charge in [-0.15, -0.1) is 0 Å². The van der Waals surface area contributed by atoms with E-state index in [0.717, 1.165) is 0 Å². The lowest BCUT2D eigenvalue weighted by Crippen LogP contribution is -2.13. The van der Waals surface area contributed by atoms with E-state index in [1.54, 1.807) is 24.3 Å². The molecule has 0 saturated heterocycles. The van der Waals surface area contributed by atoms with Crippen LogP contribution in [-0.4, -0.2) is 18.1 Å². The minimum atomic E-state index is -0.540. The number of anilines is 1. The van der Waals surface area contributed by atoms with Crippen LogP contribution in [-0.2, 0) is 4.79 Å². The summed E-state index contributed by atoms with van der Waals surface area (Å²) in [5.41, 5.74) is 0.946. The highest BCUT2D eigenvalue weighted by Crippen LogP contribution is 2.35. The lowest BCUT2D eigenvalue weighted by Gasteiger charge is -2.07. The standard InChI is InChI=1S/C17H13ClN2O3/c1-23-15-9-11(8-14(18)16(15)21)7-12(10-19)17(22)20-13-5-3-2-4-6-13/h2-9,21H,1H3,(H,20,22). The molecule has 0 spiro atoms. The van der Waals surface area contributed by atoms with Gasteiger partial charge in [-0.2, -0.15) is 5.26 Å². The van der Waals surface area contributed by atoms with E-state index in [1.807, 2.05) is 12.1 Å². The molecule has 0 saturated carbocycles. The molecule has 1 amide bonds. The molecule has 2 rings (SSSR count). The van der Waals surface area contributed by atoms with Crippen molar-refractivity contribution in [3.05, 3.63) is 58.6 Å². The summed E-state index contributed by atoms with van der Waals surface area (Å²) in [4.78, 5) is 12.1. The Balaban J connectivity index is 2.30. The van der Waals surface area contributed by atoms with Crippen LogP contribution in [0, 0.1) is 11.3 Å². The number of benzene rings is 2. The topological polar surface area (TPSA) is 82.3 Å². The number of hydrogen-bond donors (Lipinski definition) is 2. The highest BCUT2D eigenvalue weighted by molar-refractivity contribution is 6.32. The maximum atomic E-state index is 12.1. The van der Waals surface area contributed by atoms with Crippen molar-refractivity contribution in [3.8, 4) is 17.6 Å². The summed E-state index contributed by atoms with van der Waals surface area (Å²) in [6, 6.07) is 13.6. The summed E-state index contributed by atoms with van der Waals surface area (Å²) in [5.74, 6) is -0.579. The third-order valence-corrected chi connectivity index (χ3v) is 3.27. The van der Waals surface area contributed by atoms with Crippen LogP contribution >= 0.6 is 11.6 Å². The van der Waals surface area contributed by atoms with Gasteiger partial charge in [-0.05, 0) is 35.9 Å². The fourth-order valence-corrected chi connectivity index (χ4v) is 2.09. The van der Waals surface area contributed by atoms with Crippen molar-refractivity contribution in [2.75, 3.05) is 12.4 Å². The largest absolute Gasteiger partial charge is 0.503 e. The summed E-state index contributed by atoms with van der Waals surface area (Å²) >= 11 is 5.89. The number of hydrogen-bond acceptors (Lipinski definition) is 4. The van der Waals surface area contributed by atoms with Gasteiger partial charge in [-0.3, -0.25) is 4.79 Å². The molecule has 6 heteroatoms. The second-order valence-corrected chi connectivity index (χ2v) is 4.95. The van der Waals surface area contributed by atoms with Crippen LogP contribution in [0.4, 0.5) is 5.69 Å². The number of nitriles is 1. The molecule has 0 aliphatic rings. The first kappa shape index (κ1) is 16.4. The molecule has 0 aliphatic heterocycles. The second kappa shape index (κ2) is 7.34. The number of methoxy groups -OCH3 is 1. The van der Waals surface area contributed by atoms with Crippen molar-refractivity contribution in [3.63, 3.8) is 0 Å². The molecule has 0 radical (unpaired) electrons. The molecule has 0 heterocycles. The van der Waals surface area contributed by atoms with E-state index in [-0.39, 0.29) is 22.1 Å². The van der Waals surface area contributed by atoms with E-state index in [4.69, 9.17) is 16.3 Å². The maximum Gasteiger partial charge on any atom is 0.266 e. The smallest absolute Gasteiger partial charge is 0.266 e. The molecule has 0 bridgehead atoms. The summed E-state index contributed by atoms with van der Waals surface area (Å²) < 4.78 is 4.99. The number of phenolic OH excluding ortho intramolecular Hbond substituents is 1. The normalized spacial score (nSPS) is 10.7. The van der Waals surface area contributed by atoms with Gasteiger partial charge in [0.15, 0.2) is 11.5 Å². The van der Waals surface area contributed by atoms with Crippen LogP contribution in [0.25, 0.3) is 6.08 Å². The zero-order valence-corrected chi connectivity index (χ0v) is 13.0. The van der Waals surface area contributed by atoms with Gasteiger partial charge in [0.25, 0.3) is 5.91 Å². The molecule has 2 aromatic carbocycles. The van der Waals surface area contributed by atoms with Crippen molar-refractivity contribution in [2.45, 2.75) is 0 Å². The molecule has 23 heavy (non-hydrogen) atoms. The van der Waals surface area contributed by atoms with Gasteiger partial charge >= 0.3 is 0 Å². The second-order valence-electron chi connectivity index (χ2n) is 4.54. The van der Waals surface area contributed by atoms with E-state index in [0.29, 0.717) is 11.3 Å². The highest BCUT2D eigenvalue weighted by Gasteiger charge is 2.12. The predicted octanol–water partition coefficient (Wildman–Crippen LogP) is 3.60. The van der Waals surface area contributed by atoms with Gasteiger partial charge in [-0.25, -0.2) is 0 Å². The number of nitrogens with one attached hydrogen (secondary N) is 1. The number of halogens is 1. The van der Waals surface area contributed by atoms with Crippen molar-refractivity contribution in [1.29, 1.82) is 5.26 Å². The summed E-state index contributed by atoms with van der Waals surface area (Å²) in [5, 5.41) is 21.6. The molecule has 2 N–H and O–H groups in total. The number of rotatable bonds is 4. The predicted molar refractivity (Wildman–Crippen MR) is 88.3 cm³/mol. The molecule has 0 unspecified atom stereocenters. The zero-order chi connectivity index (χ0) is 16.8. The SMILES string of the molecule is COc1cc(C=C(C#N)C(=O)Nc2ccccc2)cc(Cl)c1O. The quantitative estimate of drug-likeness (QED) is 0.663. The first-order valence-electron chi connectivity index (χ1n) is 6.60. The van der Waals surface area contributed by atoms with Crippen molar-refractivity contribution in [1.82, 2.24) is 0 Å². The number of aromatic hydroxyl groups is 1. The number of carbonyl (C=O) groups excluding carboxylic acids is 1. The minimum Gasteiger partial charge on any atom is -0.503 e. The number of carbonyl (C=O) groups is 1. The van der Waals surface area contributed by atoms with E-state index in [1.165, 1.54) is 25.3 Å². The Bertz CT molecular complexity index is 795. The first-order chi connectivity index (χ1) is 11.0. The Morgan fingerprint density at radius 2 is 2.04 bits per heavy atom. The fourth-order valence-electron chi connectivity index (χ4n) is 1.87. The molecule has 0 aliphatic carbocycles. The lowest BCUT2D eigenvalue weighted by atomic mass is 10.1. The molecule has 2 aromatic rings. The third-order valence-electron chi connectivity index (χ3n) is 2.98.